The Bertz CT molecular complexity index is 945. The number of hydrogen-bond donors (Lipinski definition) is 1. The molecule has 0 aliphatic rings. The maximum Gasteiger partial charge on any atom is 0.152 e. The van der Waals surface area contributed by atoms with Crippen LogP contribution in [0.3, 0.4) is 0 Å². The zero-order chi connectivity index (χ0) is 17.2. The van der Waals surface area contributed by atoms with Crippen LogP contribution in [0.2, 0.25) is 0 Å². The number of aryl methyl sites for hydroxylation is 3. The number of nitrogens with one attached hydrogen (secondary N) is 1. The van der Waals surface area contributed by atoms with Crippen molar-refractivity contribution in [3.05, 3.63) is 72.0 Å². The first kappa shape index (κ1) is 15.4. The monoisotopic (exact) mass is 332 g/mol. The molecule has 126 valence electrons. The van der Waals surface area contributed by atoms with Crippen molar-refractivity contribution in [1.82, 2.24) is 19.7 Å². The third kappa shape index (κ3) is 2.89. The molecule has 0 aliphatic heterocycles. The highest BCUT2D eigenvalue weighted by Gasteiger charge is 2.17. The number of aromatic amines is 1. The summed E-state index contributed by atoms with van der Waals surface area (Å²) in [7, 11) is 0. The van der Waals surface area contributed by atoms with Gasteiger partial charge in [0.15, 0.2) is 5.76 Å². The Labute approximate surface area is 146 Å². The highest BCUT2D eigenvalue weighted by atomic mass is 16.3. The molecule has 4 aromatic rings. The molecule has 5 heteroatoms. The number of aromatic nitrogens is 4. The Balaban J connectivity index is 1.72. The van der Waals surface area contributed by atoms with Crippen molar-refractivity contribution in [2.45, 2.75) is 26.8 Å². The van der Waals surface area contributed by atoms with Crippen molar-refractivity contribution in [1.29, 1.82) is 0 Å². The third-order valence-electron chi connectivity index (χ3n) is 4.52. The van der Waals surface area contributed by atoms with Gasteiger partial charge in [-0.05, 0) is 38.0 Å². The van der Waals surface area contributed by atoms with Gasteiger partial charge in [-0.25, -0.2) is 4.98 Å². The maximum absolute atomic E-state index is 5.69. The van der Waals surface area contributed by atoms with Crippen LogP contribution in [0.1, 0.15) is 17.0 Å². The number of rotatable bonds is 5. The molecular weight excluding hydrogens is 312 g/mol. The molecule has 0 saturated carbocycles. The summed E-state index contributed by atoms with van der Waals surface area (Å²) in [6, 6.07) is 14.1. The number of hydrogen-bond acceptors (Lipinski definition) is 3. The molecule has 25 heavy (non-hydrogen) atoms. The summed E-state index contributed by atoms with van der Waals surface area (Å²) in [4.78, 5) is 4.67. The Hall–Kier alpha value is -3.08. The minimum atomic E-state index is 0.817. The highest BCUT2D eigenvalue weighted by Crippen LogP contribution is 2.31. The lowest BCUT2D eigenvalue weighted by atomic mass is 10.1. The van der Waals surface area contributed by atoms with Gasteiger partial charge in [-0.15, -0.1) is 0 Å². The fraction of sp³-hybridized carbons (Fsp3) is 0.200. The second-order valence-electron chi connectivity index (χ2n) is 6.14. The largest absolute Gasteiger partial charge is 0.463 e. The quantitative estimate of drug-likeness (QED) is 0.589. The number of benzene rings is 1. The van der Waals surface area contributed by atoms with Crippen LogP contribution < -0.4 is 0 Å². The summed E-state index contributed by atoms with van der Waals surface area (Å²) in [6.07, 6.45) is 4.49. The molecule has 4 rings (SSSR count). The van der Waals surface area contributed by atoms with Gasteiger partial charge in [0.05, 0.1) is 24.0 Å². The summed E-state index contributed by atoms with van der Waals surface area (Å²) in [5.41, 5.74) is 6.48. The zero-order valence-electron chi connectivity index (χ0n) is 14.4. The van der Waals surface area contributed by atoms with E-state index in [4.69, 9.17) is 4.42 Å². The molecule has 0 atom stereocenters. The van der Waals surface area contributed by atoms with Gasteiger partial charge in [0.1, 0.15) is 5.69 Å². The summed E-state index contributed by atoms with van der Waals surface area (Å²) in [6.45, 7) is 4.92. The van der Waals surface area contributed by atoms with E-state index < -0.39 is 0 Å². The predicted molar refractivity (Wildman–Crippen MR) is 97.1 cm³/mol. The molecule has 5 nitrogen and oxygen atoms in total. The van der Waals surface area contributed by atoms with E-state index in [1.54, 1.807) is 6.26 Å². The molecule has 0 spiro atoms. The van der Waals surface area contributed by atoms with Crippen LogP contribution >= 0.6 is 0 Å². The standard InChI is InChI=1S/C20H20N4O/c1-14-17(15(2)23-22-14)10-11-24-13-21-19(16-7-4-3-5-8-16)20(24)18-9-6-12-25-18/h3-9,12-13H,10-11H2,1-2H3,(H,22,23). The van der Waals surface area contributed by atoms with E-state index in [0.717, 1.165) is 47.1 Å². The first-order valence-electron chi connectivity index (χ1n) is 8.39. The fourth-order valence-corrected chi connectivity index (χ4v) is 3.21. The summed E-state index contributed by atoms with van der Waals surface area (Å²) >= 11 is 0. The molecule has 1 aromatic carbocycles. The molecule has 3 aromatic heterocycles. The van der Waals surface area contributed by atoms with E-state index in [-0.39, 0.29) is 0 Å². The van der Waals surface area contributed by atoms with E-state index in [1.807, 2.05) is 43.6 Å². The SMILES string of the molecule is Cc1n[nH]c(C)c1CCn1cnc(-c2ccccc2)c1-c1ccco1. The van der Waals surface area contributed by atoms with Crippen molar-refractivity contribution in [2.24, 2.45) is 0 Å². The third-order valence-corrected chi connectivity index (χ3v) is 4.52. The number of H-pyrrole nitrogens is 1. The lowest BCUT2D eigenvalue weighted by molar-refractivity contribution is 0.571. The summed E-state index contributed by atoms with van der Waals surface area (Å²) in [5.74, 6) is 0.831. The topological polar surface area (TPSA) is 59.6 Å². The van der Waals surface area contributed by atoms with E-state index in [1.165, 1.54) is 5.56 Å². The van der Waals surface area contributed by atoms with Crippen LogP contribution in [-0.4, -0.2) is 19.7 Å². The van der Waals surface area contributed by atoms with Gasteiger partial charge in [0.25, 0.3) is 0 Å². The van der Waals surface area contributed by atoms with Crippen LogP contribution in [0.15, 0.2) is 59.5 Å². The van der Waals surface area contributed by atoms with Crippen molar-refractivity contribution in [2.75, 3.05) is 0 Å². The minimum Gasteiger partial charge on any atom is -0.463 e. The van der Waals surface area contributed by atoms with Crippen LogP contribution in [0.5, 0.6) is 0 Å². The molecule has 0 radical (unpaired) electrons. The van der Waals surface area contributed by atoms with Gasteiger partial charge in [-0.2, -0.15) is 5.10 Å². The van der Waals surface area contributed by atoms with Gasteiger partial charge in [-0.3, -0.25) is 5.10 Å². The molecule has 0 unspecified atom stereocenters. The van der Waals surface area contributed by atoms with Crippen LogP contribution in [0.25, 0.3) is 22.7 Å². The smallest absolute Gasteiger partial charge is 0.152 e. The van der Waals surface area contributed by atoms with Crippen molar-refractivity contribution in [3.63, 3.8) is 0 Å². The van der Waals surface area contributed by atoms with Gasteiger partial charge in [-0.1, -0.05) is 30.3 Å². The van der Waals surface area contributed by atoms with Crippen LogP contribution in [0, 0.1) is 13.8 Å². The molecule has 0 fully saturated rings. The number of imidazole rings is 1. The molecule has 0 aliphatic carbocycles. The molecule has 3 heterocycles. The van der Waals surface area contributed by atoms with Crippen LogP contribution in [0.4, 0.5) is 0 Å². The van der Waals surface area contributed by atoms with E-state index in [9.17, 15) is 0 Å². The van der Waals surface area contributed by atoms with Crippen molar-refractivity contribution >= 4 is 0 Å². The molecular formula is C20H20N4O. The second kappa shape index (κ2) is 6.43. The average molecular weight is 332 g/mol. The number of nitrogens with zero attached hydrogens (tertiary/aromatic N) is 3. The normalized spacial score (nSPS) is 11.1. The summed E-state index contributed by atoms with van der Waals surface area (Å²) in [5, 5.41) is 7.34. The Morgan fingerprint density at radius 1 is 1.08 bits per heavy atom. The van der Waals surface area contributed by atoms with E-state index in [0.29, 0.717) is 0 Å². The van der Waals surface area contributed by atoms with E-state index in [2.05, 4.69) is 38.8 Å². The fourth-order valence-electron chi connectivity index (χ4n) is 3.21. The molecule has 1 N–H and O–H groups in total. The Kier molecular flexibility index (Phi) is 3.98. The van der Waals surface area contributed by atoms with Crippen LogP contribution in [-0.2, 0) is 13.0 Å². The molecule has 0 saturated heterocycles. The van der Waals surface area contributed by atoms with E-state index >= 15 is 0 Å². The van der Waals surface area contributed by atoms with Gasteiger partial charge in [0.2, 0.25) is 0 Å². The lowest BCUT2D eigenvalue weighted by Crippen LogP contribution is -2.03. The second-order valence-corrected chi connectivity index (χ2v) is 6.14. The van der Waals surface area contributed by atoms with Gasteiger partial charge < -0.3 is 8.98 Å². The zero-order valence-corrected chi connectivity index (χ0v) is 14.4. The first-order chi connectivity index (χ1) is 12.2. The highest BCUT2D eigenvalue weighted by molar-refractivity contribution is 5.76. The average Bonchev–Trinajstić information content (AvgIpc) is 3.35. The lowest BCUT2D eigenvalue weighted by Gasteiger charge is -2.09. The van der Waals surface area contributed by atoms with Crippen molar-refractivity contribution in [3.8, 4) is 22.7 Å². The minimum absolute atomic E-state index is 0.817. The first-order valence-corrected chi connectivity index (χ1v) is 8.39. The maximum atomic E-state index is 5.69. The molecule has 0 amide bonds. The van der Waals surface area contributed by atoms with Gasteiger partial charge >= 0.3 is 0 Å². The Morgan fingerprint density at radius 2 is 1.92 bits per heavy atom. The Morgan fingerprint density at radius 3 is 2.60 bits per heavy atom. The summed E-state index contributed by atoms with van der Waals surface area (Å²) < 4.78 is 7.85. The number of furan rings is 1. The van der Waals surface area contributed by atoms with Crippen molar-refractivity contribution < 1.29 is 4.42 Å². The predicted octanol–water partition coefficient (Wildman–Crippen LogP) is 4.39. The molecule has 0 bridgehead atoms. The van der Waals surface area contributed by atoms with Gasteiger partial charge in [0, 0.05) is 17.8 Å².